The summed E-state index contributed by atoms with van der Waals surface area (Å²) in [5, 5.41) is 0. The standard InChI is InChI=1S/C23H23FN4O4/c1-32-14-13-27(19(29)12-9-16-7-10-18(24)11-8-16)20-21(25)28(23(31)26-22(20)30)15-17-5-3-2-4-6-17/h2-12H,13-15,25H2,1H3,(H,26,30,31). The zero-order valence-electron chi connectivity index (χ0n) is 17.5. The Balaban J connectivity index is 2.00. The number of nitrogen functional groups attached to an aromatic ring is 1. The second-order valence-electron chi connectivity index (χ2n) is 6.93. The highest BCUT2D eigenvalue weighted by molar-refractivity contribution is 6.05. The summed E-state index contributed by atoms with van der Waals surface area (Å²) in [4.78, 5) is 41.4. The zero-order valence-corrected chi connectivity index (χ0v) is 17.5. The number of ether oxygens (including phenoxy) is 1. The fraction of sp³-hybridized carbons (Fsp3) is 0.174. The molecule has 9 heteroatoms. The number of halogens is 1. The first-order valence-corrected chi connectivity index (χ1v) is 9.81. The van der Waals surface area contributed by atoms with Gasteiger partial charge in [0, 0.05) is 19.7 Å². The van der Waals surface area contributed by atoms with Crippen LogP contribution in [0, 0.1) is 5.82 Å². The summed E-state index contributed by atoms with van der Waals surface area (Å²) < 4.78 is 19.4. The maximum Gasteiger partial charge on any atom is 0.330 e. The zero-order chi connectivity index (χ0) is 23.1. The predicted molar refractivity (Wildman–Crippen MR) is 121 cm³/mol. The van der Waals surface area contributed by atoms with E-state index in [0.29, 0.717) is 5.56 Å². The average Bonchev–Trinajstić information content (AvgIpc) is 2.79. The number of aromatic amines is 1. The van der Waals surface area contributed by atoms with Crippen LogP contribution < -0.4 is 21.9 Å². The molecule has 3 aromatic rings. The van der Waals surface area contributed by atoms with Crippen molar-refractivity contribution in [3.8, 4) is 0 Å². The molecular weight excluding hydrogens is 415 g/mol. The number of nitrogens with two attached hydrogens (primary N) is 1. The average molecular weight is 438 g/mol. The van der Waals surface area contributed by atoms with Gasteiger partial charge in [0.2, 0.25) is 0 Å². The molecule has 0 saturated carbocycles. The largest absolute Gasteiger partial charge is 0.383 e. The molecule has 1 amide bonds. The minimum Gasteiger partial charge on any atom is -0.383 e. The van der Waals surface area contributed by atoms with Crippen LogP contribution in [0.15, 0.2) is 70.3 Å². The van der Waals surface area contributed by atoms with Gasteiger partial charge in [-0.2, -0.15) is 0 Å². The highest BCUT2D eigenvalue weighted by atomic mass is 19.1. The second kappa shape index (κ2) is 10.4. The molecular formula is C23H23FN4O4. The van der Waals surface area contributed by atoms with E-state index < -0.39 is 23.0 Å². The number of anilines is 2. The van der Waals surface area contributed by atoms with E-state index in [2.05, 4.69) is 4.98 Å². The summed E-state index contributed by atoms with van der Waals surface area (Å²) in [7, 11) is 1.46. The molecule has 0 aliphatic carbocycles. The van der Waals surface area contributed by atoms with Crippen LogP contribution in [0.4, 0.5) is 15.9 Å². The maximum absolute atomic E-state index is 13.1. The fourth-order valence-electron chi connectivity index (χ4n) is 3.11. The molecule has 0 radical (unpaired) electrons. The number of H-pyrrole nitrogens is 1. The predicted octanol–water partition coefficient (Wildman–Crippen LogP) is 2.00. The molecule has 1 heterocycles. The third kappa shape index (κ3) is 5.38. The molecule has 1 aromatic heterocycles. The number of carbonyl (C=O) groups excluding carboxylic acids is 1. The van der Waals surface area contributed by atoms with E-state index in [1.807, 2.05) is 30.3 Å². The Labute approximate surface area is 183 Å². The Morgan fingerprint density at radius 1 is 1.16 bits per heavy atom. The van der Waals surface area contributed by atoms with Crippen LogP contribution in [0.25, 0.3) is 6.08 Å². The van der Waals surface area contributed by atoms with Gasteiger partial charge in [-0.1, -0.05) is 42.5 Å². The number of methoxy groups -OCH3 is 1. The lowest BCUT2D eigenvalue weighted by Gasteiger charge is -2.23. The Hall–Kier alpha value is -3.98. The van der Waals surface area contributed by atoms with Crippen molar-refractivity contribution >= 4 is 23.5 Å². The molecule has 32 heavy (non-hydrogen) atoms. The van der Waals surface area contributed by atoms with Crippen LogP contribution >= 0.6 is 0 Å². The minimum absolute atomic E-state index is 0.0277. The number of nitrogens with zero attached hydrogens (tertiary/aromatic N) is 2. The van der Waals surface area contributed by atoms with Gasteiger partial charge in [0.15, 0.2) is 5.69 Å². The van der Waals surface area contributed by atoms with Crippen molar-refractivity contribution in [3.63, 3.8) is 0 Å². The topological polar surface area (TPSA) is 110 Å². The highest BCUT2D eigenvalue weighted by Crippen LogP contribution is 2.18. The van der Waals surface area contributed by atoms with Gasteiger partial charge in [0.25, 0.3) is 11.5 Å². The number of rotatable bonds is 8. The van der Waals surface area contributed by atoms with Gasteiger partial charge in [0.1, 0.15) is 11.6 Å². The Morgan fingerprint density at radius 2 is 1.84 bits per heavy atom. The number of amides is 1. The highest BCUT2D eigenvalue weighted by Gasteiger charge is 2.23. The molecule has 0 bridgehead atoms. The second-order valence-corrected chi connectivity index (χ2v) is 6.93. The van der Waals surface area contributed by atoms with Crippen molar-refractivity contribution < 1.29 is 13.9 Å². The lowest BCUT2D eigenvalue weighted by molar-refractivity contribution is -0.114. The van der Waals surface area contributed by atoms with E-state index in [1.165, 1.54) is 48.1 Å². The van der Waals surface area contributed by atoms with Gasteiger partial charge in [-0.25, -0.2) is 9.18 Å². The SMILES string of the molecule is COCCN(C(=O)C=Cc1ccc(F)cc1)c1c(N)n(Cc2ccccc2)c(=O)[nH]c1=O. The van der Waals surface area contributed by atoms with E-state index in [-0.39, 0.29) is 31.2 Å². The Bertz CT molecular complexity index is 1220. The van der Waals surface area contributed by atoms with Gasteiger partial charge < -0.3 is 10.5 Å². The van der Waals surface area contributed by atoms with Crippen LogP contribution in [0.3, 0.4) is 0 Å². The molecule has 0 unspecified atom stereocenters. The van der Waals surface area contributed by atoms with Crippen LogP contribution in [0.2, 0.25) is 0 Å². The van der Waals surface area contributed by atoms with E-state index in [1.54, 1.807) is 0 Å². The first kappa shape index (κ1) is 22.7. The van der Waals surface area contributed by atoms with Crippen LogP contribution in [0.5, 0.6) is 0 Å². The molecule has 0 spiro atoms. The summed E-state index contributed by atoms with van der Waals surface area (Å²) in [5.41, 5.74) is 6.00. The lowest BCUT2D eigenvalue weighted by atomic mass is 10.2. The van der Waals surface area contributed by atoms with Crippen molar-refractivity contribution in [2.45, 2.75) is 6.54 Å². The summed E-state index contributed by atoms with van der Waals surface area (Å²) in [6.07, 6.45) is 2.74. The normalized spacial score (nSPS) is 11.1. The molecule has 0 saturated heterocycles. The fourth-order valence-corrected chi connectivity index (χ4v) is 3.11. The van der Waals surface area contributed by atoms with Crippen molar-refractivity contribution in [3.05, 3.63) is 98.5 Å². The van der Waals surface area contributed by atoms with Crippen molar-refractivity contribution in [1.29, 1.82) is 0 Å². The number of benzene rings is 2. The quantitative estimate of drug-likeness (QED) is 0.523. The van der Waals surface area contributed by atoms with E-state index in [0.717, 1.165) is 10.5 Å². The first-order valence-electron chi connectivity index (χ1n) is 9.81. The summed E-state index contributed by atoms with van der Waals surface area (Å²) in [6.45, 7) is 0.278. The molecule has 8 nitrogen and oxygen atoms in total. The summed E-state index contributed by atoms with van der Waals surface area (Å²) in [6, 6.07) is 14.7. The van der Waals surface area contributed by atoms with Crippen LogP contribution in [-0.2, 0) is 16.1 Å². The van der Waals surface area contributed by atoms with Gasteiger partial charge in [-0.05, 0) is 29.3 Å². The smallest absolute Gasteiger partial charge is 0.330 e. The number of hydrogen-bond acceptors (Lipinski definition) is 5. The molecule has 2 aromatic carbocycles. The summed E-state index contributed by atoms with van der Waals surface area (Å²) >= 11 is 0. The minimum atomic E-state index is -0.781. The number of carbonyl (C=O) groups is 1. The van der Waals surface area contributed by atoms with Crippen LogP contribution in [-0.4, -0.2) is 35.7 Å². The molecule has 0 aliphatic heterocycles. The Kier molecular flexibility index (Phi) is 7.35. The van der Waals surface area contributed by atoms with Crippen molar-refractivity contribution in [1.82, 2.24) is 9.55 Å². The molecule has 3 N–H and O–H groups in total. The summed E-state index contributed by atoms with van der Waals surface area (Å²) in [5.74, 6) is -1.08. The third-order valence-corrected chi connectivity index (χ3v) is 4.74. The number of aromatic nitrogens is 2. The van der Waals surface area contributed by atoms with E-state index in [9.17, 15) is 18.8 Å². The molecule has 166 valence electrons. The van der Waals surface area contributed by atoms with E-state index >= 15 is 0 Å². The monoisotopic (exact) mass is 438 g/mol. The van der Waals surface area contributed by atoms with Gasteiger partial charge in [-0.15, -0.1) is 0 Å². The van der Waals surface area contributed by atoms with Gasteiger partial charge >= 0.3 is 5.69 Å². The van der Waals surface area contributed by atoms with Crippen LogP contribution in [0.1, 0.15) is 11.1 Å². The molecule has 0 aliphatic rings. The molecule has 0 atom stereocenters. The number of hydrogen-bond donors (Lipinski definition) is 2. The molecule has 3 rings (SSSR count). The van der Waals surface area contributed by atoms with E-state index in [4.69, 9.17) is 10.5 Å². The lowest BCUT2D eigenvalue weighted by Crippen LogP contribution is -2.42. The van der Waals surface area contributed by atoms with Crippen molar-refractivity contribution in [2.24, 2.45) is 0 Å². The third-order valence-electron chi connectivity index (χ3n) is 4.74. The first-order chi connectivity index (χ1) is 15.4. The van der Waals surface area contributed by atoms with Crippen molar-refractivity contribution in [2.75, 3.05) is 30.9 Å². The van der Waals surface area contributed by atoms with Gasteiger partial charge in [0.05, 0.1) is 13.2 Å². The molecule has 0 fully saturated rings. The Morgan fingerprint density at radius 3 is 2.50 bits per heavy atom. The number of nitrogens with one attached hydrogen (secondary N) is 1. The maximum atomic E-state index is 13.1. The van der Waals surface area contributed by atoms with Gasteiger partial charge in [-0.3, -0.25) is 24.0 Å².